The molecule has 0 saturated heterocycles. The van der Waals surface area contributed by atoms with E-state index in [2.05, 4.69) is 13.2 Å². The summed E-state index contributed by atoms with van der Waals surface area (Å²) in [5.74, 6) is -3.83. The summed E-state index contributed by atoms with van der Waals surface area (Å²) >= 11 is 0. The number of esters is 2. The van der Waals surface area contributed by atoms with Gasteiger partial charge in [-0.3, -0.25) is 0 Å². The topological polar surface area (TPSA) is 61.8 Å². The van der Waals surface area contributed by atoms with Gasteiger partial charge in [-0.05, 0) is 55.3 Å². The first-order valence-corrected chi connectivity index (χ1v) is 10.5. The van der Waals surface area contributed by atoms with Crippen molar-refractivity contribution in [1.29, 1.82) is 0 Å². The van der Waals surface area contributed by atoms with Gasteiger partial charge >= 0.3 is 11.9 Å². The minimum Gasteiger partial charge on any atom is -0.462 e. The third-order valence-corrected chi connectivity index (χ3v) is 4.80. The molecular weight excluding hydrogens is 473 g/mol. The predicted molar refractivity (Wildman–Crippen MR) is 128 cm³/mol. The number of benzene rings is 3. The second kappa shape index (κ2) is 11.2. The van der Waals surface area contributed by atoms with Crippen LogP contribution in [0.2, 0.25) is 0 Å². The van der Waals surface area contributed by atoms with E-state index >= 15 is 0 Å². The molecule has 0 aromatic heterocycles. The van der Waals surface area contributed by atoms with Crippen LogP contribution in [0.25, 0.3) is 22.3 Å². The van der Waals surface area contributed by atoms with Crippen molar-refractivity contribution < 1.29 is 37.0 Å². The molecule has 0 aliphatic carbocycles. The van der Waals surface area contributed by atoms with Crippen molar-refractivity contribution in [3.8, 4) is 33.8 Å². The second-order valence-corrected chi connectivity index (χ2v) is 7.73. The lowest BCUT2D eigenvalue weighted by Gasteiger charge is -2.10. The lowest BCUT2D eigenvalue weighted by Crippen LogP contribution is -2.09. The van der Waals surface area contributed by atoms with Crippen molar-refractivity contribution in [2.45, 2.75) is 13.8 Å². The van der Waals surface area contributed by atoms with E-state index in [4.69, 9.17) is 14.2 Å². The van der Waals surface area contributed by atoms with Gasteiger partial charge in [0, 0.05) is 28.3 Å². The van der Waals surface area contributed by atoms with Crippen LogP contribution in [0.3, 0.4) is 0 Å². The molecule has 0 saturated carbocycles. The fourth-order valence-electron chi connectivity index (χ4n) is 2.95. The van der Waals surface area contributed by atoms with E-state index in [1.165, 1.54) is 50.2 Å². The molecule has 36 heavy (non-hydrogen) atoms. The van der Waals surface area contributed by atoms with Crippen LogP contribution in [0, 0.1) is 17.5 Å². The number of hydrogen-bond acceptors (Lipinski definition) is 5. The highest BCUT2D eigenvalue weighted by atomic mass is 19.1. The zero-order chi connectivity index (χ0) is 26.4. The largest absolute Gasteiger partial charge is 0.462 e. The molecule has 0 aliphatic rings. The summed E-state index contributed by atoms with van der Waals surface area (Å²) < 4.78 is 58.7. The molecule has 0 heterocycles. The molecule has 0 atom stereocenters. The van der Waals surface area contributed by atoms with Crippen LogP contribution < -0.4 is 9.47 Å². The summed E-state index contributed by atoms with van der Waals surface area (Å²) in [5.41, 5.74) is 0.949. The minimum atomic E-state index is -0.851. The highest BCUT2D eigenvalue weighted by molar-refractivity contribution is 5.89. The third kappa shape index (κ3) is 6.29. The molecule has 5 nitrogen and oxygen atoms in total. The van der Waals surface area contributed by atoms with Crippen molar-refractivity contribution in [2.75, 3.05) is 0 Å². The van der Waals surface area contributed by atoms with Crippen molar-refractivity contribution in [1.82, 2.24) is 0 Å². The first-order valence-electron chi connectivity index (χ1n) is 10.5. The Labute approximate surface area is 205 Å². The zero-order valence-corrected chi connectivity index (χ0v) is 19.4. The van der Waals surface area contributed by atoms with Gasteiger partial charge in [-0.25, -0.2) is 22.8 Å². The van der Waals surface area contributed by atoms with Crippen molar-refractivity contribution in [3.05, 3.63) is 109 Å². The molecule has 0 bridgehead atoms. The second-order valence-electron chi connectivity index (χ2n) is 7.73. The Bertz CT molecular complexity index is 1390. The monoisotopic (exact) mass is 494 g/mol. The summed E-state index contributed by atoms with van der Waals surface area (Å²) in [6, 6.07) is 11.6. The Balaban J connectivity index is 1.76. The maximum Gasteiger partial charge on any atom is 0.338 e. The lowest BCUT2D eigenvalue weighted by atomic mass is 9.99. The van der Waals surface area contributed by atoms with Crippen LogP contribution in [0.4, 0.5) is 13.2 Å². The number of carbonyl (C=O) groups excluding carboxylic acids is 2. The summed E-state index contributed by atoms with van der Waals surface area (Å²) in [5, 5.41) is 0. The minimum absolute atomic E-state index is 0.0743. The summed E-state index contributed by atoms with van der Waals surface area (Å²) in [4.78, 5) is 22.9. The number of ether oxygens (including phenoxy) is 3. The highest BCUT2D eigenvalue weighted by Crippen LogP contribution is 2.32. The van der Waals surface area contributed by atoms with Crippen LogP contribution in [-0.4, -0.2) is 11.9 Å². The average molecular weight is 494 g/mol. The predicted octanol–water partition coefficient (Wildman–Crippen LogP) is 6.89. The van der Waals surface area contributed by atoms with Gasteiger partial charge in [-0.15, -0.1) is 0 Å². The molecule has 8 heteroatoms. The van der Waals surface area contributed by atoms with Gasteiger partial charge in [0.25, 0.3) is 0 Å². The van der Waals surface area contributed by atoms with Crippen molar-refractivity contribution in [2.24, 2.45) is 0 Å². The number of hydrogen-bond donors (Lipinski definition) is 0. The maximum atomic E-state index is 14.9. The number of rotatable bonds is 8. The summed E-state index contributed by atoms with van der Waals surface area (Å²) in [6.45, 7) is 9.77. The third-order valence-electron chi connectivity index (χ3n) is 4.80. The zero-order valence-electron chi connectivity index (χ0n) is 19.4. The van der Waals surface area contributed by atoms with E-state index in [1.54, 1.807) is 0 Å². The Hall–Kier alpha value is -4.59. The SMILES string of the molecule is C=C(C)C(=O)O/C=C\Oc1ccc(-c2ccc(-c3ccc(OC(=O)C(=C)C)c(F)c3)c(F)c2)c(F)c1. The first-order chi connectivity index (χ1) is 17.1. The molecule has 0 aliphatic heterocycles. The first kappa shape index (κ1) is 26.0. The Kier molecular flexibility index (Phi) is 8.11. The van der Waals surface area contributed by atoms with Gasteiger partial charge in [0.1, 0.15) is 29.9 Å². The lowest BCUT2D eigenvalue weighted by molar-refractivity contribution is -0.133. The van der Waals surface area contributed by atoms with Crippen molar-refractivity contribution in [3.63, 3.8) is 0 Å². The van der Waals surface area contributed by atoms with Crippen LogP contribution >= 0.6 is 0 Å². The van der Waals surface area contributed by atoms with E-state index in [9.17, 15) is 22.8 Å². The van der Waals surface area contributed by atoms with Gasteiger partial charge in [-0.2, -0.15) is 0 Å². The van der Waals surface area contributed by atoms with Gasteiger partial charge in [0.15, 0.2) is 11.6 Å². The standard InChI is InChI=1S/C28H21F3O5/c1-16(2)27(32)35-12-11-34-20-7-9-22(24(30)15-20)18-5-8-21(23(29)13-18)19-6-10-26(25(31)14-19)36-28(33)17(3)4/h5-15H,1,3H2,2,4H3/b12-11-. The molecule has 3 aromatic carbocycles. The summed E-state index contributed by atoms with van der Waals surface area (Å²) in [6.07, 6.45) is 2.06. The van der Waals surface area contributed by atoms with E-state index in [0.717, 1.165) is 30.7 Å². The van der Waals surface area contributed by atoms with Crippen LogP contribution in [0.15, 0.2) is 91.4 Å². The number of carbonyl (C=O) groups is 2. The fourth-order valence-corrected chi connectivity index (χ4v) is 2.95. The Morgan fingerprint density at radius 2 is 1.28 bits per heavy atom. The van der Waals surface area contributed by atoms with Gasteiger partial charge in [0.05, 0.1) is 0 Å². The smallest absolute Gasteiger partial charge is 0.338 e. The van der Waals surface area contributed by atoms with Gasteiger partial charge < -0.3 is 14.2 Å². The molecular formula is C28H21F3O5. The average Bonchev–Trinajstić information content (AvgIpc) is 2.82. The number of halogens is 3. The Morgan fingerprint density at radius 1 is 0.722 bits per heavy atom. The maximum absolute atomic E-state index is 14.9. The van der Waals surface area contributed by atoms with Crippen LogP contribution in [0.1, 0.15) is 13.8 Å². The Morgan fingerprint density at radius 3 is 1.83 bits per heavy atom. The van der Waals surface area contributed by atoms with Crippen LogP contribution in [0.5, 0.6) is 11.5 Å². The molecule has 3 aromatic rings. The van der Waals surface area contributed by atoms with Crippen LogP contribution in [-0.2, 0) is 14.3 Å². The van der Waals surface area contributed by atoms with E-state index in [1.807, 2.05) is 0 Å². The van der Waals surface area contributed by atoms with Gasteiger partial charge in [0.2, 0.25) is 0 Å². The van der Waals surface area contributed by atoms with E-state index in [0.29, 0.717) is 0 Å². The molecule has 0 radical (unpaired) electrons. The van der Waals surface area contributed by atoms with E-state index in [-0.39, 0.29) is 44.9 Å². The van der Waals surface area contributed by atoms with Gasteiger partial charge in [-0.1, -0.05) is 31.4 Å². The molecule has 0 amide bonds. The van der Waals surface area contributed by atoms with Crippen molar-refractivity contribution >= 4 is 11.9 Å². The molecule has 3 rings (SSSR count). The molecule has 0 spiro atoms. The molecule has 0 fully saturated rings. The normalized spacial score (nSPS) is 10.7. The fraction of sp³-hybridized carbons (Fsp3) is 0.0714. The molecule has 0 unspecified atom stereocenters. The van der Waals surface area contributed by atoms with E-state index < -0.39 is 29.4 Å². The highest BCUT2D eigenvalue weighted by Gasteiger charge is 2.15. The molecule has 184 valence electrons. The molecule has 0 N–H and O–H groups in total. The summed E-state index contributed by atoms with van der Waals surface area (Å²) in [7, 11) is 0. The quantitative estimate of drug-likeness (QED) is 0.148.